The minimum atomic E-state index is -0.0895. The molecule has 0 aromatic carbocycles. The Balaban J connectivity index is 1.75. The van der Waals surface area contributed by atoms with Gasteiger partial charge in [0.25, 0.3) is 0 Å². The molecule has 1 heterocycles. The number of hydrogen-bond acceptors (Lipinski definition) is 4. The van der Waals surface area contributed by atoms with Gasteiger partial charge in [0.1, 0.15) is 0 Å². The first kappa shape index (κ1) is 14.3. The predicted molar refractivity (Wildman–Crippen MR) is 74.8 cm³/mol. The van der Waals surface area contributed by atoms with Crippen LogP contribution in [0.2, 0.25) is 0 Å². The number of aliphatic hydroxyl groups excluding tert-OH is 1. The predicted octanol–water partition coefficient (Wildman–Crippen LogP) is 0.515. The van der Waals surface area contributed by atoms with Crippen LogP contribution in [0.3, 0.4) is 0 Å². The molecule has 4 heteroatoms. The lowest BCUT2D eigenvalue weighted by atomic mass is 9.98. The maximum Gasteiger partial charge on any atom is 0.0611 e. The first-order chi connectivity index (χ1) is 8.52. The van der Waals surface area contributed by atoms with Gasteiger partial charge in [0.15, 0.2) is 0 Å². The minimum absolute atomic E-state index is 0.0895. The third-order valence-electron chi connectivity index (χ3n) is 4.50. The summed E-state index contributed by atoms with van der Waals surface area (Å²) in [5.74, 6) is 0. The second-order valence-corrected chi connectivity index (χ2v) is 6.52. The molecule has 2 fully saturated rings. The molecular weight excluding hydrogens is 226 g/mol. The van der Waals surface area contributed by atoms with Crippen LogP contribution in [0.5, 0.6) is 0 Å². The molecule has 2 N–H and O–H groups in total. The van der Waals surface area contributed by atoms with Crippen LogP contribution in [-0.2, 0) is 0 Å². The zero-order chi connectivity index (χ0) is 13.2. The van der Waals surface area contributed by atoms with Gasteiger partial charge in [-0.25, -0.2) is 0 Å². The molecule has 1 saturated carbocycles. The van der Waals surface area contributed by atoms with E-state index < -0.39 is 0 Å². The van der Waals surface area contributed by atoms with Gasteiger partial charge in [-0.1, -0.05) is 0 Å². The number of piperazine rings is 1. The fourth-order valence-corrected chi connectivity index (χ4v) is 2.65. The molecule has 1 aliphatic heterocycles. The molecule has 1 aliphatic carbocycles. The smallest absolute Gasteiger partial charge is 0.0611 e. The molecule has 2 atom stereocenters. The van der Waals surface area contributed by atoms with Crippen molar-refractivity contribution in [3.63, 3.8) is 0 Å². The van der Waals surface area contributed by atoms with E-state index in [9.17, 15) is 5.11 Å². The maximum atomic E-state index is 9.60. The summed E-state index contributed by atoms with van der Waals surface area (Å²) in [6, 6.07) is 1.31. The number of nitrogens with one attached hydrogen (secondary N) is 1. The fourth-order valence-electron chi connectivity index (χ4n) is 2.65. The standard InChI is InChI=1S/C14H29N3O/c1-12-10-17(9-8-16(12)3)7-6-14(2,11-18)15-13-4-5-13/h12-13,15,18H,4-11H2,1-3H3. The zero-order valence-corrected chi connectivity index (χ0v) is 12.2. The van der Waals surface area contributed by atoms with E-state index in [4.69, 9.17) is 0 Å². The van der Waals surface area contributed by atoms with Gasteiger partial charge >= 0.3 is 0 Å². The summed E-state index contributed by atoms with van der Waals surface area (Å²) in [6.07, 6.45) is 3.60. The number of hydrogen-bond donors (Lipinski definition) is 2. The van der Waals surface area contributed by atoms with E-state index in [1.807, 2.05) is 0 Å². The topological polar surface area (TPSA) is 38.7 Å². The lowest BCUT2D eigenvalue weighted by Gasteiger charge is -2.39. The molecular formula is C14H29N3O. The summed E-state index contributed by atoms with van der Waals surface area (Å²) in [5, 5.41) is 13.2. The van der Waals surface area contributed by atoms with E-state index in [-0.39, 0.29) is 12.1 Å². The Kier molecular flexibility index (Phi) is 4.64. The fraction of sp³-hybridized carbons (Fsp3) is 1.00. The van der Waals surface area contributed by atoms with Crippen molar-refractivity contribution in [3.8, 4) is 0 Å². The summed E-state index contributed by atoms with van der Waals surface area (Å²) in [6.45, 7) is 9.26. The molecule has 18 heavy (non-hydrogen) atoms. The third kappa shape index (κ3) is 3.92. The lowest BCUT2D eigenvalue weighted by molar-refractivity contribution is 0.0863. The van der Waals surface area contributed by atoms with Crippen LogP contribution in [0, 0.1) is 0 Å². The lowest BCUT2D eigenvalue weighted by Crippen LogP contribution is -2.53. The Morgan fingerprint density at radius 1 is 1.33 bits per heavy atom. The van der Waals surface area contributed by atoms with Gasteiger partial charge in [-0.2, -0.15) is 0 Å². The second-order valence-electron chi connectivity index (χ2n) is 6.52. The van der Waals surface area contributed by atoms with Crippen molar-refractivity contribution in [2.75, 3.05) is 39.8 Å². The van der Waals surface area contributed by atoms with Gasteiger partial charge in [-0.05, 0) is 40.2 Å². The average Bonchev–Trinajstić information content (AvgIpc) is 3.15. The Labute approximate surface area is 111 Å². The van der Waals surface area contributed by atoms with Crippen LogP contribution in [-0.4, -0.2) is 72.4 Å². The highest BCUT2D eigenvalue weighted by atomic mass is 16.3. The van der Waals surface area contributed by atoms with E-state index in [0.29, 0.717) is 12.1 Å². The Morgan fingerprint density at radius 2 is 2.06 bits per heavy atom. The maximum absolute atomic E-state index is 9.60. The van der Waals surface area contributed by atoms with Crippen molar-refractivity contribution in [3.05, 3.63) is 0 Å². The summed E-state index contributed by atoms with van der Waals surface area (Å²) >= 11 is 0. The Morgan fingerprint density at radius 3 is 2.61 bits per heavy atom. The van der Waals surface area contributed by atoms with Crippen molar-refractivity contribution in [2.24, 2.45) is 0 Å². The van der Waals surface area contributed by atoms with E-state index in [2.05, 4.69) is 36.0 Å². The average molecular weight is 255 g/mol. The molecule has 2 unspecified atom stereocenters. The minimum Gasteiger partial charge on any atom is -0.394 e. The molecule has 0 aromatic rings. The zero-order valence-electron chi connectivity index (χ0n) is 12.2. The molecule has 0 spiro atoms. The van der Waals surface area contributed by atoms with Crippen molar-refractivity contribution in [1.29, 1.82) is 0 Å². The number of rotatable bonds is 6. The Bertz CT molecular complexity index is 270. The molecule has 2 aliphatic rings. The molecule has 2 rings (SSSR count). The second kappa shape index (κ2) is 5.87. The summed E-state index contributed by atoms with van der Waals surface area (Å²) in [4.78, 5) is 4.96. The van der Waals surface area contributed by atoms with Gasteiger partial charge in [-0.15, -0.1) is 0 Å². The van der Waals surface area contributed by atoms with Crippen LogP contribution in [0.4, 0.5) is 0 Å². The van der Waals surface area contributed by atoms with E-state index in [1.165, 1.54) is 12.8 Å². The monoisotopic (exact) mass is 255 g/mol. The summed E-state index contributed by atoms with van der Waals surface area (Å²) in [7, 11) is 2.20. The van der Waals surface area contributed by atoms with E-state index >= 15 is 0 Å². The molecule has 0 bridgehead atoms. The van der Waals surface area contributed by atoms with Crippen molar-refractivity contribution in [2.45, 2.75) is 50.7 Å². The van der Waals surface area contributed by atoms with Gasteiger partial charge in [0, 0.05) is 43.8 Å². The Hall–Kier alpha value is -0.160. The summed E-state index contributed by atoms with van der Waals surface area (Å²) < 4.78 is 0. The van der Waals surface area contributed by atoms with Gasteiger partial charge in [-0.3, -0.25) is 0 Å². The van der Waals surface area contributed by atoms with Crippen LogP contribution < -0.4 is 5.32 Å². The molecule has 0 amide bonds. The number of nitrogens with zero attached hydrogens (tertiary/aromatic N) is 2. The van der Waals surface area contributed by atoms with Crippen LogP contribution in [0.15, 0.2) is 0 Å². The van der Waals surface area contributed by atoms with Gasteiger partial charge in [0.2, 0.25) is 0 Å². The molecule has 0 radical (unpaired) electrons. The van der Waals surface area contributed by atoms with E-state index in [1.54, 1.807) is 0 Å². The van der Waals surface area contributed by atoms with Gasteiger partial charge < -0.3 is 20.2 Å². The first-order valence-corrected chi connectivity index (χ1v) is 7.33. The van der Waals surface area contributed by atoms with Crippen LogP contribution in [0.1, 0.15) is 33.1 Å². The quantitative estimate of drug-likeness (QED) is 0.726. The molecule has 0 aromatic heterocycles. The molecule has 4 nitrogen and oxygen atoms in total. The SMILES string of the molecule is CC1CN(CCC(C)(CO)NC2CC2)CCN1C. The van der Waals surface area contributed by atoms with E-state index in [0.717, 1.165) is 32.6 Å². The highest BCUT2D eigenvalue weighted by molar-refractivity contribution is 4.93. The first-order valence-electron chi connectivity index (χ1n) is 7.33. The van der Waals surface area contributed by atoms with Crippen molar-refractivity contribution < 1.29 is 5.11 Å². The number of aliphatic hydroxyl groups is 1. The molecule has 1 saturated heterocycles. The van der Waals surface area contributed by atoms with Crippen LogP contribution >= 0.6 is 0 Å². The normalized spacial score (nSPS) is 30.3. The van der Waals surface area contributed by atoms with Crippen LogP contribution in [0.25, 0.3) is 0 Å². The van der Waals surface area contributed by atoms with Crippen molar-refractivity contribution >= 4 is 0 Å². The summed E-state index contributed by atoms with van der Waals surface area (Å²) in [5.41, 5.74) is -0.0895. The largest absolute Gasteiger partial charge is 0.394 e. The van der Waals surface area contributed by atoms with Gasteiger partial charge in [0.05, 0.1) is 6.61 Å². The third-order valence-corrected chi connectivity index (χ3v) is 4.50. The molecule has 106 valence electrons. The highest BCUT2D eigenvalue weighted by Crippen LogP contribution is 2.24. The van der Waals surface area contributed by atoms with Crippen molar-refractivity contribution in [1.82, 2.24) is 15.1 Å². The number of likely N-dealkylation sites (N-methyl/N-ethyl adjacent to an activating group) is 1. The highest BCUT2D eigenvalue weighted by Gasteiger charge is 2.32.